The first kappa shape index (κ1) is 21.1. The predicted octanol–water partition coefficient (Wildman–Crippen LogP) is 5.46. The number of nitriles is 2. The minimum absolute atomic E-state index is 0.213. The van der Waals surface area contributed by atoms with Crippen LogP contribution in [0.4, 0.5) is 0 Å². The van der Waals surface area contributed by atoms with Gasteiger partial charge in [0.1, 0.15) is 40.5 Å². The van der Waals surface area contributed by atoms with Gasteiger partial charge in [-0.25, -0.2) is 0 Å². The molecule has 5 nitrogen and oxygen atoms in total. The summed E-state index contributed by atoms with van der Waals surface area (Å²) in [5.41, 5.74) is 1.99. The number of ether oxygens (including phenoxy) is 3. The molecule has 0 saturated carbocycles. The van der Waals surface area contributed by atoms with Gasteiger partial charge in [-0.05, 0) is 36.6 Å². The summed E-state index contributed by atoms with van der Waals surface area (Å²) in [6.45, 7) is 5.11. The molecule has 0 saturated heterocycles. The van der Waals surface area contributed by atoms with Crippen LogP contribution in [0.5, 0.6) is 17.2 Å². The van der Waals surface area contributed by atoms with Crippen molar-refractivity contribution >= 4 is 0 Å². The first-order valence-corrected chi connectivity index (χ1v) is 9.61. The van der Waals surface area contributed by atoms with E-state index in [0.29, 0.717) is 30.5 Å². The number of nitrogens with zero attached hydrogens (tertiary/aromatic N) is 2. The maximum Gasteiger partial charge on any atom is 0.146 e. The Bertz CT molecular complexity index is 879. The third-order valence-corrected chi connectivity index (χ3v) is 4.35. The van der Waals surface area contributed by atoms with E-state index in [1.165, 1.54) is 0 Å². The van der Waals surface area contributed by atoms with Crippen LogP contribution in [0, 0.1) is 22.7 Å². The number of rotatable bonds is 10. The third kappa shape index (κ3) is 4.96. The molecule has 0 aliphatic rings. The SMILES string of the molecule is CCCCOc1cc(-c2cccc(OC)c2)c(OCCCC)c(C#N)c1C#N. The van der Waals surface area contributed by atoms with Crippen LogP contribution in [0.15, 0.2) is 30.3 Å². The van der Waals surface area contributed by atoms with Gasteiger partial charge in [0.05, 0.1) is 20.3 Å². The maximum absolute atomic E-state index is 9.79. The molecule has 0 amide bonds. The molecule has 0 fully saturated rings. The Morgan fingerprint density at radius 1 is 0.893 bits per heavy atom. The summed E-state index contributed by atoms with van der Waals surface area (Å²) in [4.78, 5) is 0. The van der Waals surface area contributed by atoms with Crippen LogP contribution in [0.2, 0.25) is 0 Å². The van der Waals surface area contributed by atoms with E-state index in [9.17, 15) is 10.5 Å². The molecule has 0 heterocycles. The number of hydrogen-bond acceptors (Lipinski definition) is 5. The second kappa shape index (κ2) is 10.8. The lowest BCUT2D eigenvalue weighted by molar-refractivity contribution is 0.300. The van der Waals surface area contributed by atoms with E-state index in [2.05, 4.69) is 26.0 Å². The molecule has 0 aliphatic carbocycles. The van der Waals surface area contributed by atoms with Gasteiger partial charge in [-0.1, -0.05) is 38.8 Å². The molecular formula is C23H26N2O3. The molecule has 0 aliphatic heterocycles. The lowest BCUT2D eigenvalue weighted by Gasteiger charge is -2.18. The molecule has 2 aromatic carbocycles. The van der Waals surface area contributed by atoms with Gasteiger partial charge >= 0.3 is 0 Å². The van der Waals surface area contributed by atoms with Crippen molar-refractivity contribution in [2.75, 3.05) is 20.3 Å². The zero-order valence-electron chi connectivity index (χ0n) is 16.7. The highest BCUT2D eigenvalue weighted by Crippen LogP contribution is 2.41. The molecule has 0 radical (unpaired) electrons. The fourth-order valence-corrected chi connectivity index (χ4v) is 2.77. The largest absolute Gasteiger partial charge is 0.497 e. The fraction of sp³-hybridized carbons (Fsp3) is 0.391. The quantitative estimate of drug-likeness (QED) is 0.513. The van der Waals surface area contributed by atoms with E-state index in [0.717, 1.165) is 36.8 Å². The summed E-state index contributed by atoms with van der Waals surface area (Å²) in [7, 11) is 1.61. The summed E-state index contributed by atoms with van der Waals surface area (Å²) < 4.78 is 17.2. The monoisotopic (exact) mass is 378 g/mol. The summed E-state index contributed by atoms with van der Waals surface area (Å²) in [5, 5.41) is 19.5. The van der Waals surface area contributed by atoms with Crippen molar-refractivity contribution in [3.63, 3.8) is 0 Å². The maximum atomic E-state index is 9.79. The van der Waals surface area contributed by atoms with Gasteiger partial charge in [0.25, 0.3) is 0 Å². The number of methoxy groups -OCH3 is 1. The van der Waals surface area contributed by atoms with Crippen LogP contribution in [-0.2, 0) is 0 Å². The molecule has 0 N–H and O–H groups in total. The van der Waals surface area contributed by atoms with Crippen LogP contribution in [-0.4, -0.2) is 20.3 Å². The minimum Gasteiger partial charge on any atom is -0.497 e. The Morgan fingerprint density at radius 2 is 1.57 bits per heavy atom. The molecule has 5 heteroatoms. The standard InChI is InChI=1S/C23H26N2O3/c1-4-6-11-27-22-14-19(17-9-8-10-18(13-17)26-3)23(28-12-7-5-2)21(16-25)20(22)15-24/h8-10,13-14H,4-7,11-12H2,1-3H3. The molecule has 0 spiro atoms. The molecule has 146 valence electrons. The van der Waals surface area contributed by atoms with Crippen LogP contribution >= 0.6 is 0 Å². The number of hydrogen-bond donors (Lipinski definition) is 0. The van der Waals surface area contributed by atoms with Crippen LogP contribution < -0.4 is 14.2 Å². The van der Waals surface area contributed by atoms with Crippen molar-refractivity contribution in [1.29, 1.82) is 10.5 Å². The first-order valence-electron chi connectivity index (χ1n) is 9.61. The van der Waals surface area contributed by atoms with Crippen molar-refractivity contribution in [3.05, 3.63) is 41.5 Å². The second-order valence-electron chi connectivity index (χ2n) is 6.36. The van der Waals surface area contributed by atoms with E-state index in [-0.39, 0.29) is 11.1 Å². The topological polar surface area (TPSA) is 75.3 Å². The van der Waals surface area contributed by atoms with Crippen LogP contribution in [0.3, 0.4) is 0 Å². The smallest absolute Gasteiger partial charge is 0.146 e. The fourth-order valence-electron chi connectivity index (χ4n) is 2.77. The third-order valence-electron chi connectivity index (χ3n) is 4.35. The number of benzene rings is 2. The van der Waals surface area contributed by atoms with Gasteiger partial charge in [-0.3, -0.25) is 0 Å². The zero-order chi connectivity index (χ0) is 20.4. The van der Waals surface area contributed by atoms with Gasteiger partial charge in [0.2, 0.25) is 0 Å². The molecule has 0 bridgehead atoms. The summed E-state index contributed by atoms with van der Waals surface area (Å²) in [5.74, 6) is 1.53. The van der Waals surface area contributed by atoms with E-state index in [1.54, 1.807) is 13.2 Å². The van der Waals surface area contributed by atoms with Crippen LogP contribution in [0.25, 0.3) is 11.1 Å². The summed E-state index contributed by atoms with van der Waals surface area (Å²) in [6, 6.07) is 13.6. The highest BCUT2D eigenvalue weighted by atomic mass is 16.5. The van der Waals surface area contributed by atoms with Gasteiger partial charge in [-0.15, -0.1) is 0 Å². The molecule has 0 aromatic heterocycles. The Morgan fingerprint density at radius 3 is 2.18 bits per heavy atom. The van der Waals surface area contributed by atoms with E-state index in [4.69, 9.17) is 14.2 Å². The summed E-state index contributed by atoms with van der Waals surface area (Å²) in [6.07, 6.45) is 3.68. The molecule has 0 unspecified atom stereocenters. The van der Waals surface area contributed by atoms with E-state index in [1.807, 2.05) is 24.3 Å². The Balaban J connectivity index is 2.65. The van der Waals surface area contributed by atoms with Crippen molar-refractivity contribution < 1.29 is 14.2 Å². The lowest BCUT2D eigenvalue weighted by atomic mass is 9.97. The predicted molar refractivity (Wildman–Crippen MR) is 109 cm³/mol. The van der Waals surface area contributed by atoms with Crippen LogP contribution in [0.1, 0.15) is 50.7 Å². The average Bonchev–Trinajstić information content (AvgIpc) is 2.73. The van der Waals surface area contributed by atoms with Gasteiger partial charge in [-0.2, -0.15) is 10.5 Å². The van der Waals surface area contributed by atoms with E-state index >= 15 is 0 Å². The van der Waals surface area contributed by atoms with Gasteiger partial charge in [0.15, 0.2) is 0 Å². The Kier molecular flexibility index (Phi) is 8.18. The molecular weight excluding hydrogens is 352 g/mol. The highest BCUT2D eigenvalue weighted by Gasteiger charge is 2.22. The molecule has 2 aromatic rings. The van der Waals surface area contributed by atoms with Crippen molar-refractivity contribution in [3.8, 4) is 40.5 Å². The van der Waals surface area contributed by atoms with Gasteiger partial charge < -0.3 is 14.2 Å². The van der Waals surface area contributed by atoms with Crippen molar-refractivity contribution in [1.82, 2.24) is 0 Å². The highest BCUT2D eigenvalue weighted by molar-refractivity contribution is 5.79. The van der Waals surface area contributed by atoms with Crippen molar-refractivity contribution in [2.24, 2.45) is 0 Å². The second-order valence-corrected chi connectivity index (χ2v) is 6.36. The Hall–Kier alpha value is -3.18. The average molecular weight is 378 g/mol. The molecule has 28 heavy (non-hydrogen) atoms. The lowest BCUT2D eigenvalue weighted by Crippen LogP contribution is -2.05. The minimum atomic E-state index is 0.213. The van der Waals surface area contributed by atoms with E-state index < -0.39 is 0 Å². The summed E-state index contributed by atoms with van der Waals surface area (Å²) >= 11 is 0. The molecule has 2 rings (SSSR count). The Labute approximate surface area is 167 Å². The zero-order valence-corrected chi connectivity index (χ0v) is 16.7. The molecule has 0 atom stereocenters. The van der Waals surface area contributed by atoms with Crippen molar-refractivity contribution in [2.45, 2.75) is 39.5 Å². The normalized spacial score (nSPS) is 10.0. The first-order chi connectivity index (χ1) is 13.7. The van der Waals surface area contributed by atoms with Gasteiger partial charge in [0, 0.05) is 5.56 Å². The number of unbranched alkanes of at least 4 members (excludes halogenated alkanes) is 2.